The molecule has 150 valence electrons. The van der Waals surface area contributed by atoms with Crippen LogP contribution in [0.15, 0.2) is 23.2 Å². The fourth-order valence-corrected chi connectivity index (χ4v) is 2.56. The van der Waals surface area contributed by atoms with Gasteiger partial charge in [-0.3, -0.25) is 0 Å². The lowest BCUT2D eigenvalue weighted by Gasteiger charge is -2.40. The summed E-state index contributed by atoms with van der Waals surface area (Å²) in [5.41, 5.74) is 0.380. The fraction of sp³-hybridized carbons (Fsp3) is 0.579. The van der Waals surface area contributed by atoms with Crippen molar-refractivity contribution >= 4 is 12.1 Å². The first-order chi connectivity index (χ1) is 12.7. The second-order valence-corrected chi connectivity index (χ2v) is 7.43. The number of nitrogens with zero attached hydrogens (tertiary/aromatic N) is 2. The van der Waals surface area contributed by atoms with Crippen LogP contribution in [0.1, 0.15) is 33.3 Å². The molecule has 3 N–H and O–H groups in total. The van der Waals surface area contributed by atoms with E-state index in [0.29, 0.717) is 31.3 Å². The second kappa shape index (κ2) is 8.83. The van der Waals surface area contributed by atoms with E-state index >= 15 is 0 Å². The Morgan fingerprint density at radius 1 is 1.37 bits per heavy atom. The van der Waals surface area contributed by atoms with Crippen LogP contribution in [0.25, 0.3) is 0 Å². The van der Waals surface area contributed by atoms with Gasteiger partial charge in [0.25, 0.3) is 0 Å². The predicted molar refractivity (Wildman–Crippen MR) is 104 cm³/mol. The van der Waals surface area contributed by atoms with Crippen LogP contribution >= 0.6 is 0 Å². The standard InChI is InChI=1S/C19H30N4O4/c1-6-20-17(21-10-13-7-8-16(26-5)15(24)9-13)22-14-11-23(12-14)18(25)27-19(2,3)4/h7-9,14,24H,6,10-12H2,1-5H3,(H2,20,21,22). The Bertz CT molecular complexity index is 679. The summed E-state index contributed by atoms with van der Waals surface area (Å²) in [4.78, 5) is 18.2. The molecule has 1 aromatic rings. The van der Waals surface area contributed by atoms with E-state index < -0.39 is 5.60 Å². The molecule has 1 heterocycles. The van der Waals surface area contributed by atoms with Crippen molar-refractivity contribution in [2.24, 2.45) is 4.99 Å². The molecular formula is C19H30N4O4. The summed E-state index contributed by atoms with van der Waals surface area (Å²) in [5, 5.41) is 16.4. The third kappa shape index (κ3) is 6.23. The van der Waals surface area contributed by atoms with Crippen molar-refractivity contribution in [2.45, 2.75) is 45.9 Å². The molecule has 1 amide bonds. The minimum atomic E-state index is -0.490. The van der Waals surface area contributed by atoms with E-state index in [1.165, 1.54) is 7.11 Å². The molecule has 8 heteroatoms. The van der Waals surface area contributed by atoms with Crippen molar-refractivity contribution in [3.05, 3.63) is 23.8 Å². The first kappa shape index (κ1) is 20.7. The Kier molecular flexibility index (Phi) is 6.76. The van der Waals surface area contributed by atoms with Gasteiger partial charge in [0.05, 0.1) is 19.7 Å². The van der Waals surface area contributed by atoms with Crippen molar-refractivity contribution in [3.8, 4) is 11.5 Å². The topological polar surface area (TPSA) is 95.4 Å². The molecule has 1 aromatic carbocycles. The van der Waals surface area contributed by atoms with E-state index in [-0.39, 0.29) is 17.9 Å². The number of guanidine groups is 1. The van der Waals surface area contributed by atoms with Crippen LogP contribution < -0.4 is 15.4 Å². The van der Waals surface area contributed by atoms with Crippen LogP contribution in [-0.4, -0.2) is 60.4 Å². The third-order valence-electron chi connectivity index (χ3n) is 3.88. The number of aliphatic imine (C=N–C) groups is 1. The Morgan fingerprint density at radius 3 is 2.63 bits per heavy atom. The highest BCUT2D eigenvalue weighted by atomic mass is 16.6. The van der Waals surface area contributed by atoms with Gasteiger partial charge < -0.3 is 30.1 Å². The van der Waals surface area contributed by atoms with Crippen LogP contribution in [0.4, 0.5) is 4.79 Å². The molecule has 0 saturated carbocycles. The summed E-state index contributed by atoms with van der Waals surface area (Å²) >= 11 is 0. The number of carbonyl (C=O) groups is 1. The molecule has 1 fully saturated rings. The summed E-state index contributed by atoms with van der Waals surface area (Å²) in [5.74, 6) is 1.20. The average Bonchev–Trinajstić information content (AvgIpc) is 2.53. The molecule has 0 aromatic heterocycles. The smallest absolute Gasteiger partial charge is 0.410 e. The Hall–Kier alpha value is -2.64. The number of aromatic hydroxyl groups is 1. The Labute approximate surface area is 160 Å². The van der Waals surface area contributed by atoms with E-state index in [2.05, 4.69) is 15.6 Å². The monoisotopic (exact) mass is 378 g/mol. The number of rotatable bonds is 5. The number of hydrogen-bond acceptors (Lipinski definition) is 5. The fourth-order valence-electron chi connectivity index (χ4n) is 2.56. The molecule has 0 atom stereocenters. The molecule has 0 unspecified atom stereocenters. The van der Waals surface area contributed by atoms with Gasteiger partial charge in [-0.15, -0.1) is 0 Å². The van der Waals surface area contributed by atoms with Crippen LogP contribution in [-0.2, 0) is 11.3 Å². The number of carbonyl (C=O) groups excluding carboxylic acids is 1. The van der Waals surface area contributed by atoms with Gasteiger partial charge in [0.2, 0.25) is 0 Å². The maximum Gasteiger partial charge on any atom is 0.410 e. The number of ether oxygens (including phenoxy) is 2. The summed E-state index contributed by atoms with van der Waals surface area (Å²) < 4.78 is 10.4. The van der Waals surface area contributed by atoms with Gasteiger partial charge in [0, 0.05) is 19.6 Å². The van der Waals surface area contributed by atoms with Crippen molar-refractivity contribution in [3.63, 3.8) is 0 Å². The summed E-state index contributed by atoms with van der Waals surface area (Å²) in [6.45, 7) is 9.83. The van der Waals surface area contributed by atoms with Gasteiger partial charge in [-0.2, -0.15) is 0 Å². The molecule has 1 aliphatic heterocycles. The number of nitrogens with one attached hydrogen (secondary N) is 2. The lowest BCUT2D eigenvalue weighted by molar-refractivity contribution is 0.00700. The van der Waals surface area contributed by atoms with E-state index in [1.54, 1.807) is 17.0 Å². The highest BCUT2D eigenvalue weighted by Crippen LogP contribution is 2.26. The minimum Gasteiger partial charge on any atom is -0.504 e. The predicted octanol–water partition coefficient (Wildman–Crippen LogP) is 2.08. The second-order valence-electron chi connectivity index (χ2n) is 7.43. The average molecular weight is 378 g/mol. The Balaban J connectivity index is 1.88. The molecule has 2 rings (SSSR count). The highest BCUT2D eigenvalue weighted by Gasteiger charge is 2.34. The zero-order valence-electron chi connectivity index (χ0n) is 16.7. The first-order valence-electron chi connectivity index (χ1n) is 9.10. The van der Waals surface area contributed by atoms with Crippen molar-refractivity contribution in [1.82, 2.24) is 15.5 Å². The molecule has 1 saturated heterocycles. The lowest BCUT2D eigenvalue weighted by Crippen LogP contribution is -2.63. The number of amides is 1. The van der Waals surface area contributed by atoms with Crippen LogP contribution in [0.5, 0.6) is 11.5 Å². The largest absolute Gasteiger partial charge is 0.504 e. The molecular weight excluding hydrogens is 348 g/mol. The van der Waals surface area contributed by atoms with Crippen LogP contribution in [0, 0.1) is 0 Å². The molecule has 1 aliphatic rings. The summed E-state index contributed by atoms with van der Waals surface area (Å²) in [6.07, 6.45) is -0.295. The highest BCUT2D eigenvalue weighted by molar-refractivity contribution is 5.80. The van der Waals surface area contributed by atoms with Gasteiger partial charge in [-0.1, -0.05) is 6.07 Å². The quantitative estimate of drug-likeness (QED) is 0.536. The third-order valence-corrected chi connectivity index (χ3v) is 3.88. The number of phenolic OH excluding ortho intramolecular Hbond substituents is 1. The van der Waals surface area contributed by atoms with Gasteiger partial charge in [-0.05, 0) is 45.4 Å². The lowest BCUT2D eigenvalue weighted by atomic mass is 10.1. The van der Waals surface area contributed by atoms with E-state index in [0.717, 1.165) is 12.1 Å². The molecule has 8 nitrogen and oxygen atoms in total. The van der Waals surface area contributed by atoms with Crippen LogP contribution in [0.3, 0.4) is 0 Å². The molecule has 0 bridgehead atoms. The number of hydrogen-bond donors (Lipinski definition) is 3. The summed E-state index contributed by atoms with van der Waals surface area (Å²) in [7, 11) is 1.51. The van der Waals surface area contributed by atoms with E-state index in [9.17, 15) is 9.90 Å². The number of methoxy groups -OCH3 is 1. The van der Waals surface area contributed by atoms with Crippen molar-refractivity contribution in [1.29, 1.82) is 0 Å². The number of likely N-dealkylation sites (tertiary alicyclic amines) is 1. The van der Waals surface area contributed by atoms with Crippen LogP contribution in [0.2, 0.25) is 0 Å². The molecule has 27 heavy (non-hydrogen) atoms. The van der Waals surface area contributed by atoms with Gasteiger partial charge in [-0.25, -0.2) is 9.79 Å². The SMILES string of the molecule is CCNC(=NCc1ccc(OC)c(O)c1)NC1CN(C(=O)OC(C)(C)C)C1. The number of benzene rings is 1. The Morgan fingerprint density at radius 2 is 2.07 bits per heavy atom. The zero-order chi connectivity index (χ0) is 20.0. The van der Waals surface area contributed by atoms with E-state index in [1.807, 2.05) is 33.8 Å². The molecule has 0 radical (unpaired) electrons. The van der Waals surface area contributed by atoms with E-state index in [4.69, 9.17) is 9.47 Å². The summed E-state index contributed by atoms with van der Waals surface area (Å²) in [6, 6.07) is 5.34. The molecule has 0 spiro atoms. The van der Waals surface area contributed by atoms with Gasteiger partial charge in [0.1, 0.15) is 5.60 Å². The maximum absolute atomic E-state index is 12.0. The van der Waals surface area contributed by atoms with Gasteiger partial charge >= 0.3 is 6.09 Å². The van der Waals surface area contributed by atoms with Crippen molar-refractivity contribution in [2.75, 3.05) is 26.7 Å². The maximum atomic E-state index is 12.0. The molecule has 0 aliphatic carbocycles. The normalized spacial score (nSPS) is 15.1. The first-order valence-corrected chi connectivity index (χ1v) is 9.10. The minimum absolute atomic E-state index is 0.0927. The van der Waals surface area contributed by atoms with Gasteiger partial charge in [0.15, 0.2) is 17.5 Å². The zero-order valence-corrected chi connectivity index (χ0v) is 16.7. The van der Waals surface area contributed by atoms with Crippen molar-refractivity contribution < 1.29 is 19.4 Å². The number of phenols is 1.